The standard InChI is InChI=1S/C12H13ClFN3O/c1-2-8(15)6-11-16-12(18-17-11)9-5-7(13)3-4-10(9)14/h3-5,8H,2,6,15H2,1H3. The molecule has 2 aromatic rings. The van der Waals surface area contributed by atoms with Crippen molar-refractivity contribution < 1.29 is 8.91 Å². The van der Waals surface area contributed by atoms with E-state index in [0.717, 1.165) is 6.42 Å². The molecule has 4 nitrogen and oxygen atoms in total. The summed E-state index contributed by atoms with van der Waals surface area (Å²) in [6.45, 7) is 1.97. The number of hydrogen-bond donors (Lipinski definition) is 1. The molecule has 0 aliphatic rings. The van der Waals surface area contributed by atoms with Crippen LogP contribution in [-0.4, -0.2) is 16.2 Å². The summed E-state index contributed by atoms with van der Waals surface area (Å²) in [6.07, 6.45) is 1.32. The lowest BCUT2D eigenvalue weighted by Crippen LogP contribution is -2.21. The first-order valence-corrected chi connectivity index (χ1v) is 6.01. The number of hydrogen-bond acceptors (Lipinski definition) is 4. The summed E-state index contributed by atoms with van der Waals surface area (Å²) in [7, 11) is 0. The average molecular weight is 270 g/mol. The summed E-state index contributed by atoms with van der Waals surface area (Å²) < 4.78 is 18.6. The number of nitrogens with two attached hydrogens (primary N) is 1. The van der Waals surface area contributed by atoms with Crippen molar-refractivity contribution >= 4 is 11.6 Å². The van der Waals surface area contributed by atoms with E-state index in [2.05, 4.69) is 10.1 Å². The maximum atomic E-state index is 13.6. The van der Waals surface area contributed by atoms with E-state index in [-0.39, 0.29) is 17.5 Å². The van der Waals surface area contributed by atoms with Crippen molar-refractivity contribution in [2.75, 3.05) is 0 Å². The average Bonchev–Trinajstić information content (AvgIpc) is 2.80. The Morgan fingerprint density at radius 2 is 2.28 bits per heavy atom. The quantitative estimate of drug-likeness (QED) is 0.927. The normalized spacial score (nSPS) is 12.7. The van der Waals surface area contributed by atoms with E-state index in [1.165, 1.54) is 18.2 Å². The highest BCUT2D eigenvalue weighted by Gasteiger charge is 2.15. The van der Waals surface area contributed by atoms with Crippen LogP contribution in [-0.2, 0) is 6.42 Å². The molecule has 0 aliphatic carbocycles. The first-order chi connectivity index (χ1) is 8.60. The predicted octanol–water partition coefficient (Wildman–Crippen LogP) is 2.81. The summed E-state index contributed by atoms with van der Waals surface area (Å²) >= 11 is 5.80. The van der Waals surface area contributed by atoms with Gasteiger partial charge in [-0.1, -0.05) is 23.7 Å². The summed E-state index contributed by atoms with van der Waals surface area (Å²) in [4.78, 5) is 4.11. The Morgan fingerprint density at radius 3 is 3.00 bits per heavy atom. The molecule has 0 radical (unpaired) electrons. The van der Waals surface area contributed by atoms with Gasteiger partial charge in [0.05, 0.1) is 5.56 Å². The van der Waals surface area contributed by atoms with Crippen LogP contribution in [0.25, 0.3) is 11.5 Å². The highest BCUT2D eigenvalue weighted by Crippen LogP contribution is 2.24. The molecule has 0 fully saturated rings. The van der Waals surface area contributed by atoms with Crippen LogP contribution in [0, 0.1) is 5.82 Å². The molecule has 0 spiro atoms. The summed E-state index contributed by atoms with van der Waals surface area (Å²) in [5.41, 5.74) is 5.99. The van der Waals surface area contributed by atoms with Crippen molar-refractivity contribution in [2.24, 2.45) is 5.73 Å². The zero-order valence-electron chi connectivity index (χ0n) is 9.86. The Bertz CT molecular complexity index is 544. The van der Waals surface area contributed by atoms with E-state index >= 15 is 0 Å². The molecule has 2 N–H and O–H groups in total. The number of halogens is 2. The topological polar surface area (TPSA) is 64.9 Å². The van der Waals surface area contributed by atoms with Crippen molar-refractivity contribution in [1.82, 2.24) is 10.1 Å². The van der Waals surface area contributed by atoms with Gasteiger partial charge in [0.15, 0.2) is 5.82 Å². The van der Waals surface area contributed by atoms with Crippen LogP contribution in [0.2, 0.25) is 5.02 Å². The molecule has 0 saturated heterocycles. The highest BCUT2D eigenvalue weighted by atomic mass is 35.5. The van der Waals surface area contributed by atoms with Gasteiger partial charge in [-0.2, -0.15) is 4.98 Å². The lowest BCUT2D eigenvalue weighted by molar-refractivity contribution is 0.417. The van der Waals surface area contributed by atoms with E-state index in [4.69, 9.17) is 21.9 Å². The third kappa shape index (κ3) is 2.86. The van der Waals surface area contributed by atoms with Gasteiger partial charge in [-0.25, -0.2) is 4.39 Å². The fourth-order valence-corrected chi connectivity index (χ4v) is 1.66. The Hall–Kier alpha value is -1.46. The van der Waals surface area contributed by atoms with E-state index in [1.54, 1.807) is 0 Å². The molecule has 96 valence electrons. The predicted molar refractivity (Wildman–Crippen MR) is 66.7 cm³/mol. The summed E-state index contributed by atoms with van der Waals surface area (Å²) in [6, 6.07) is 4.15. The lowest BCUT2D eigenvalue weighted by atomic mass is 10.1. The molecule has 2 rings (SSSR count). The summed E-state index contributed by atoms with van der Waals surface area (Å²) in [5, 5.41) is 4.19. The second kappa shape index (κ2) is 5.46. The molecule has 18 heavy (non-hydrogen) atoms. The van der Waals surface area contributed by atoms with Gasteiger partial charge in [-0.3, -0.25) is 0 Å². The van der Waals surface area contributed by atoms with Crippen LogP contribution < -0.4 is 5.73 Å². The van der Waals surface area contributed by atoms with Crippen molar-refractivity contribution in [3.63, 3.8) is 0 Å². The Morgan fingerprint density at radius 1 is 1.50 bits per heavy atom. The number of nitrogens with zero attached hydrogens (tertiary/aromatic N) is 2. The fraction of sp³-hybridized carbons (Fsp3) is 0.333. The minimum atomic E-state index is -0.450. The molecule has 1 heterocycles. The zero-order chi connectivity index (χ0) is 13.1. The van der Waals surface area contributed by atoms with Gasteiger partial charge in [-0.05, 0) is 24.6 Å². The molecule has 0 amide bonds. The van der Waals surface area contributed by atoms with Crippen LogP contribution in [0.3, 0.4) is 0 Å². The molecule has 1 unspecified atom stereocenters. The molecule has 6 heteroatoms. The summed E-state index contributed by atoms with van der Waals surface area (Å²) in [5.74, 6) is 0.140. The molecular weight excluding hydrogens is 257 g/mol. The van der Waals surface area contributed by atoms with Gasteiger partial charge in [0.25, 0.3) is 5.89 Å². The smallest absolute Gasteiger partial charge is 0.260 e. The van der Waals surface area contributed by atoms with Crippen LogP contribution >= 0.6 is 11.6 Å². The van der Waals surface area contributed by atoms with Crippen LogP contribution in [0.5, 0.6) is 0 Å². The van der Waals surface area contributed by atoms with Crippen LogP contribution in [0.4, 0.5) is 4.39 Å². The highest BCUT2D eigenvalue weighted by molar-refractivity contribution is 6.30. The van der Waals surface area contributed by atoms with Crippen molar-refractivity contribution in [3.05, 3.63) is 34.9 Å². The first kappa shape index (κ1) is 13.0. The number of rotatable bonds is 4. The van der Waals surface area contributed by atoms with Gasteiger partial charge in [-0.15, -0.1) is 0 Å². The van der Waals surface area contributed by atoms with E-state index in [9.17, 15) is 4.39 Å². The third-order valence-electron chi connectivity index (χ3n) is 2.60. The monoisotopic (exact) mass is 269 g/mol. The third-order valence-corrected chi connectivity index (χ3v) is 2.83. The van der Waals surface area contributed by atoms with Crippen LogP contribution in [0.15, 0.2) is 22.7 Å². The lowest BCUT2D eigenvalue weighted by Gasteiger charge is -2.02. The minimum Gasteiger partial charge on any atom is -0.334 e. The second-order valence-corrected chi connectivity index (χ2v) is 4.45. The van der Waals surface area contributed by atoms with E-state index in [1.807, 2.05) is 6.92 Å². The molecular formula is C12H13ClFN3O. The van der Waals surface area contributed by atoms with Crippen molar-refractivity contribution in [3.8, 4) is 11.5 Å². The number of aromatic nitrogens is 2. The molecule has 1 aromatic carbocycles. The molecule has 0 aliphatic heterocycles. The maximum absolute atomic E-state index is 13.6. The second-order valence-electron chi connectivity index (χ2n) is 4.01. The molecule has 0 saturated carbocycles. The molecule has 1 atom stereocenters. The van der Waals surface area contributed by atoms with Gasteiger partial charge in [0, 0.05) is 17.5 Å². The number of benzene rings is 1. The van der Waals surface area contributed by atoms with E-state index < -0.39 is 5.82 Å². The van der Waals surface area contributed by atoms with E-state index in [0.29, 0.717) is 17.3 Å². The van der Waals surface area contributed by atoms with Gasteiger partial charge in [0.2, 0.25) is 0 Å². The molecule has 1 aromatic heterocycles. The van der Waals surface area contributed by atoms with Crippen molar-refractivity contribution in [2.45, 2.75) is 25.8 Å². The first-order valence-electron chi connectivity index (χ1n) is 5.63. The zero-order valence-corrected chi connectivity index (χ0v) is 10.6. The fourth-order valence-electron chi connectivity index (χ4n) is 1.49. The Kier molecular flexibility index (Phi) is 3.93. The minimum absolute atomic E-state index is 0.0281. The van der Waals surface area contributed by atoms with Gasteiger partial charge in [0.1, 0.15) is 5.82 Å². The SMILES string of the molecule is CCC(N)Cc1noc(-c2cc(Cl)ccc2F)n1. The Labute approximate surface area is 109 Å². The van der Waals surface area contributed by atoms with Gasteiger partial charge < -0.3 is 10.3 Å². The van der Waals surface area contributed by atoms with Crippen LogP contribution in [0.1, 0.15) is 19.2 Å². The van der Waals surface area contributed by atoms with Crippen molar-refractivity contribution in [1.29, 1.82) is 0 Å². The molecule has 0 bridgehead atoms. The Balaban J connectivity index is 2.26. The maximum Gasteiger partial charge on any atom is 0.260 e. The largest absolute Gasteiger partial charge is 0.334 e. The van der Waals surface area contributed by atoms with Gasteiger partial charge >= 0.3 is 0 Å².